The third kappa shape index (κ3) is 3.50. The molecule has 0 saturated heterocycles. The van der Waals surface area contributed by atoms with Crippen molar-refractivity contribution in [2.75, 3.05) is 5.32 Å². The fraction of sp³-hybridized carbons (Fsp3) is 0.375. The molecular weight excluding hydrogens is 288 g/mol. The summed E-state index contributed by atoms with van der Waals surface area (Å²) in [5, 5.41) is 6.29. The van der Waals surface area contributed by atoms with Crippen molar-refractivity contribution in [2.45, 2.75) is 32.6 Å². The maximum absolute atomic E-state index is 12.9. The van der Waals surface area contributed by atoms with E-state index in [9.17, 15) is 13.6 Å². The first-order valence-corrected chi connectivity index (χ1v) is 6.92. The Morgan fingerprint density at radius 3 is 2.59 bits per heavy atom. The molecule has 2 rings (SSSR count). The van der Waals surface area contributed by atoms with E-state index in [1.54, 1.807) is 6.07 Å². The van der Waals surface area contributed by atoms with E-state index in [1.165, 1.54) is 17.9 Å². The number of carbonyl (C=O) groups is 1. The molecule has 0 bridgehead atoms. The summed E-state index contributed by atoms with van der Waals surface area (Å²) in [4.78, 5) is 12.2. The normalized spacial score (nSPS) is 11.8. The van der Waals surface area contributed by atoms with Gasteiger partial charge in [0, 0.05) is 18.9 Å². The summed E-state index contributed by atoms with van der Waals surface area (Å²) in [6.45, 7) is 6.18. The zero-order valence-corrected chi connectivity index (χ0v) is 13.0. The van der Waals surface area contributed by atoms with Gasteiger partial charge in [-0.15, -0.1) is 0 Å². The molecule has 0 aliphatic rings. The Balaban J connectivity index is 2.26. The van der Waals surface area contributed by atoms with Gasteiger partial charge in [0.05, 0.1) is 5.56 Å². The van der Waals surface area contributed by atoms with Crippen LogP contribution in [-0.4, -0.2) is 15.7 Å². The topological polar surface area (TPSA) is 46.9 Å². The molecule has 1 amide bonds. The Hall–Kier alpha value is -2.24. The van der Waals surface area contributed by atoms with Gasteiger partial charge in [-0.3, -0.25) is 9.48 Å². The van der Waals surface area contributed by atoms with E-state index in [-0.39, 0.29) is 11.0 Å². The minimum atomic E-state index is -2.79. The van der Waals surface area contributed by atoms with Crippen LogP contribution in [0.2, 0.25) is 0 Å². The number of halogens is 2. The molecule has 0 unspecified atom stereocenters. The van der Waals surface area contributed by atoms with Crippen molar-refractivity contribution in [2.24, 2.45) is 7.05 Å². The first kappa shape index (κ1) is 16.1. The highest BCUT2D eigenvalue weighted by Crippen LogP contribution is 2.26. The molecule has 0 fully saturated rings. The average molecular weight is 307 g/mol. The van der Waals surface area contributed by atoms with Gasteiger partial charge >= 0.3 is 0 Å². The number of hydrogen-bond acceptors (Lipinski definition) is 2. The minimum absolute atomic E-state index is 0.0663. The van der Waals surface area contributed by atoms with Crippen LogP contribution in [0.4, 0.5) is 14.5 Å². The number of aromatic nitrogens is 2. The van der Waals surface area contributed by atoms with Crippen molar-refractivity contribution in [1.82, 2.24) is 9.78 Å². The van der Waals surface area contributed by atoms with Gasteiger partial charge in [-0.25, -0.2) is 8.78 Å². The Kier molecular flexibility index (Phi) is 4.30. The summed E-state index contributed by atoms with van der Waals surface area (Å²) in [6, 6.07) is 7.36. The van der Waals surface area contributed by atoms with Crippen LogP contribution < -0.4 is 5.32 Å². The number of anilines is 1. The number of alkyl halides is 2. The molecule has 118 valence electrons. The first-order valence-electron chi connectivity index (χ1n) is 6.92. The van der Waals surface area contributed by atoms with E-state index in [0.29, 0.717) is 5.69 Å². The lowest BCUT2D eigenvalue weighted by Crippen LogP contribution is -2.15. The van der Waals surface area contributed by atoms with Gasteiger partial charge in [0.25, 0.3) is 12.3 Å². The van der Waals surface area contributed by atoms with Gasteiger partial charge < -0.3 is 5.32 Å². The van der Waals surface area contributed by atoms with Crippen molar-refractivity contribution in [1.29, 1.82) is 0 Å². The first-order chi connectivity index (χ1) is 10.2. The Labute approximate surface area is 128 Å². The SMILES string of the molecule is Cn1cc(C(=O)Nc2cccc(C(C)(C)C)c2)c(C(F)F)n1. The Bertz CT molecular complexity index is 687. The van der Waals surface area contributed by atoms with E-state index in [0.717, 1.165) is 5.56 Å². The predicted octanol–water partition coefficient (Wildman–Crippen LogP) is 3.91. The van der Waals surface area contributed by atoms with Crippen LogP contribution in [0, 0.1) is 0 Å². The lowest BCUT2D eigenvalue weighted by Gasteiger charge is -2.19. The fourth-order valence-electron chi connectivity index (χ4n) is 2.10. The highest BCUT2D eigenvalue weighted by molar-refractivity contribution is 6.05. The van der Waals surface area contributed by atoms with Crippen LogP contribution in [0.3, 0.4) is 0 Å². The Morgan fingerprint density at radius 2 is 2.00 bits per heavy atom. The molecule has 1 aromatic carbocycles. The van der Waals surface area contributed by atoms with E-state index < -0.39 is 18.0 Å². The van der Waals surface area contributed by atoms with Gasteiger partial charge in [-0.1, -0.05) is 32.9 Å². The van der Waals surface area contributed by atoms with Crippen LogP contribution in [0.5, 0.6) is 0 Å². The maximum Gasteiger partial charge on any atom is 0.282 e. The van der Waals surface area contributed by atoms with Crippen molar-refractivity contribution in [3.63, 3.8) is 0 Å². The molecule has 0 atom stereocenters. The highest BCUT2D eigenvalue weighted by atomic mass is 19.3. The molecule has 2 aromatic rings. The smallest absolute Gasteiger partial charge is 0.282 e. The van der Waals surface area contributed by atoms with Crippen LogP contribution in [0.1, 0.15) is 48.8 Å². The molecule has 22 heavy (non-hydrogen) atoms. The van der Waals surface area contributed by atoms with E-state index in [4.69, 9.17) is 0 Å². The summed E-state index contributed by atoms with van der Waals surface area (Å²) in [5.74, 6) is -0.588. The highest BCUT2D eigenvalue weighted by Gasteiger charge is 2.23. The number of nitrogens with zero attached hydrogens (tertiary/aromatic N) is 2. The van der Waals surface area contributed by atoms with Gasteiger partial charge in [0.15, 0.2) is 0 Å². The second-order valence-electron chi connectivity index (χ2n) is 6.19. The lowest BCUT2D eigenvalue weighted by molar-refractivity contribution is 0.101. The largest absolute Gasteiger partial charge is 0.322 e. The summed E-state index contributed by atoms with van der Waals surface area (Å²) >= 11 is 0. The third-order valence-corrected chi connectivity index (χ3v) is 3.30. The van der Waals surface area contributed by atoms with Crippen LogP contribution in [-0.2, 0) is 12.5 Å². The molecule has 1 N–H and O–H groups in total. The number of rotatable bonds is 3. The molecule has 0 radical (unpaired) electrons. The molecule has 6 heteroatoms. The molecular formula is C16H19F2N3O. The molecule has 4 nitrogen and oxygen atoms in total. The van der Waals surface area contributed by atoms with Gasteiger partial charge in [-0.05, 0) is 23.1 Å². The number of nitrogens with one attached hydrogen (secondary N) is 1. The van der Waals surface area contributed by atoms with Gasteiger partial charge in [0.1, 0.15) is 5.69 Å². The van der Waals surface area contributed by atoms with Crippen molar-refractivity contribution in [3.8, 4) is 0 Å². The number of aryl methyl sites for hydroxylation is 1. The summed E-state index contributed by atoms with van der Waals surface area (Å²) in [5.41, 5.74) is 0.932. The average Bonchev–Trinajstić information content (AvgIpc) is 2.80. The second-order valence-corrected chi connectivity index (χ2v) is 6.19. The monoisotopic (exact) mass is 307 g/mol. The fourth-order valence-corrected chi connectivity index (χ4v) is 2.10. The molecule has 1 aromatic heterocycles. The standard InChI is InChI=1S/C16H19F2N3O/c1-16(2,3)10-6-5-7-11(8-10)19-15(22)12-9-21(4)20-13(12)14(17)18/h5-9,14H,1-4H3,(H,19,22). The zero-order chi connectivity index (χ0) is 16.5. The lowest BCUT2D eigenvalue weighted by atomic mass is 9.87. The van der Waals surface area contributed by atoms with Crippen LogP contribution in [0.15, 0.2) is 30.5 Å². The van der Waals surface area contributed by atoms with E-state index >= 15 is 0 Å². The van der Waals surface area contributed by atoms with E-state index in [1.807, 2.05) is 18.2 Å². The van der Waals surface area contributed by atoms with Crippen molar-refractivity contribution >= 4 is 11.6 Å². The number of amides is 1. The summed E-state index contributed by atoms with van der Waals surface area (Å²) < 4.78 is 27.0. The second kappa shape index (κ2) is 5.87. The number of benzene rings is 1. The van der Waals surface area contributed by atoms with Crippen LogP contribution >= 0.6 is 0 Å². The summed E-state index contributed by atoms with van der Waals surface area (Å²) in [6.07, 6.45) is -1.49. The molecule has 1 heterocycles. The van der Waals surface area contributed by atoms with Crippen molar-refractivity contribution < 1.29 is 13.6 Å². The number of carbonyl (C=O) groups excluding carboxylic acids is 1. The number of hydrogen-bond donors (Lipinski definition) is 1. The van der Waals surface area contributed by atoms with Crippen molar-refractivity contribution in [3.05, 3.63) is 47.3 Å². The zero-order valence-electron chi connectivity index (χ0n) is 13.0. The molecule has 0 spiro atoms. The molecule has 0 aliphatic carbocycles. The molecule has 0 saturated carbocycles. The Morgan fingerprint density at radius 1 is 1.32 bits per heavy atom. The quantitative estimate of drug-likeness (QED) is 0.934. The van der Waals surface area contributed by atoms with Gasteiger partial charge in [0.2, 0.25) is 0 Å². The maximum atomic E-state index is 12.9. The predicted molar refractivity (Wildman–Crippen MR) is 81.3 cm³/mol. The minimum Gasteiger partial charge on any atom is -0.322 e. The van der Waals surface area contributed by atoms with Crippen LogP contribution in [0.25, 0.3) is 0 Å². The van der Waals surface area contributed by atoms with Gasteiger partial charge in [-0.2, -0.15) is 5.10 Å². The summed E-state index contributed by atoms with van der Waals surface area (Å²) in [7, 11) is 1.50. The van der Waals surface area contributed by atoms with E-state index in [2.05, 4.69) is 31.2 Å². The molecule has 0 aliphatic heterocycles. The third-order valence-electron chi connectivity index (χ3n) is 3.30.